The largest absolute Gasteiger partial charge is 0.497 e. The van der Waals surface area contributed by atoms with E-state index in [4.69, 9.17) is 9.15 Å². The molecule has 0 radical (unpaired) electrons. The van der Waals surface area contributed by atoms with Crippen molar-refractivity contribution in [1.82, 2.24) is 15.1 Å². The molecule has 31 heavy (non-hydrogen) atoms. The molecule has 168 valence electrons. The lowest BCUT2D eigenvalue weighted by molar-refractivity contribution is -0.187. The molecule has 2 fully saturated rings. The Labute approximate surface area is 178 Å². The third-order valence-corrected chi connectivity index (χ3v) is 6.76. The average molecular weight is 437 g/mol. The van der Waals surface area contributed by atoms with Crippen molar-refractivity contribution in [3.63, 3.8) is 0 Å². The lowest BCUT2D eigenvalue weighted by Crippen LogP contribution is -2.49. The van der Waals surface area contributed by atoms with Crippen molar-refractivity contribution >= 4 is 5.91 Å². The van der Waals surface area contributed by atoms with Crippen molar-refractivity contribution in [2.24, 2.45) is 17.8 Å². The predicted octanol–water partition coefficient (Wildman–Crippen LogP) is 4.46. The number of benzene rings is 1. The number of nitrogens with zero attached hydrogens (tertiary/aromatic N) is 3. The highest BCUT2D eigenvalue weighted by atomic mass is 19.4. The SMILES string of the molecule is COc1ccc(-c2nnc(C3([C@H]4CCN(C(=O)[C@H](C)C(F)(F)F)C[C@H]4C)CC3)o2)cc1. The van der Waals surface area contributed by atoms with Gasteiger partial charge in [0, 0.05) is 18.7 Å². The quantitative estimate of drug-likeness (QED) is 0.691. The number of hydrogen-bond donors (Lipinski definition) is 0. The van der Waals surface area contributed by atoms with E-state index in [1.165, 1.54) is 4.90 Å². The van der Waals surface area contributed by atoms with Gasteiger partial charge in [0.15, 0.2) is 0 Å². The highest BCUT2D eigenvalue weighted by molar-refractivity contribution is 5.79. The number of piperidine rings is 1. The summed E-state index contributed by atoms with van der Waals surface area (Å²) in [6.45, 7) is 3.55. The van der Waals surface area contributed by atoms with Crippen LogP contribution in [0.4, 0.5) is 13.2 Å². The number of carbonyl (C=O) groups is 1. The number of hydrogen-bond acceptors (Lipinski definition) is 5. The molecule has 0 spiro atoms. The Morgan fingerprint density at radius 3 is 2.48 bits per heavy atom. The Morgan fingerprint density at radius 1 is 1.26 bits per heavy atom. The van der Waals surface area contributed by atoms with Gasteiger partial charge in [-0.25, -0.2) is 0 Å². The van der Waals surface area contributed by atoms with E-state index in [-0.39, 0.29) is 17.3 Å². The molecule has 0 bridgehead atoms. The minimum Gasteiger partial charge on any atom is -0.497 e. The van der Waals surface area contributed by atoms with Crippen molar-refractivity contribution in [2.75, 3.05) is 20.2 Å². The maximum Gasteiger partial charge on any atom is 0.400 e. The summed E-state index contributed by atoms with van der Waals surface area (Å²) in [7, 11) is 1.60. The standard InChI is InChI=1S/C22H26F3N3O3/c1-13-12-28(19(29)14(2)22(23,24)25)11-8-17(13)21(9-10-21)20-27-26-18(31-20)15-4-6-16(30-3)7-5-15/h4-7,13-14,17H,8-12H2,1-3H3/t13-,14+,17+/m1/s1. The molecule has 1 saturated carbocycles. The second-order valence-corrected chi connectivity index (χ2v) is 8.72. The van der Waals surface area contributed by atoms with Gasteiger partial charge in [0.05, 0.1) is 12.5 Å². The molecule has 0 N–H and O–H groups in total. The first-order valence-electron chi connectivity index (χ1n) is 10.5. The van der Waals surface area contributed by atoms with Gasteiger partial charge in [-0.1, -0.05) is 6.92 Å². The molecule has 6 nitrogen and oxygen atoms in total. The third-order valence-electron chi connectivity index (χ3n) is 6.76. The number of rotatable bonds is 5. The van der Waals surface area contributed by atoms with Gasteiger partial charge in [0.2, 0.25) is 17.7 Å². The van der Waals surface area contributed by atoms with E-state index >= 15 is 0 Å². The maximum atomic E-state index is 13.0. The van der Waals surface area contributed by atoms with E-state index in [9.17, 15) is 18.0 Å². The molecular formula is C22H26F3N3O3. The number of alkyl halides is 3. The first-order chi connectivity index (χ1) is 14.7. The normalized spacial score (nSPS) is 24.0. The Kier molecular flexibility index (Phi) is 5.47. The van der Waals surface area contributed by atoms with Crippen molar-refractivity contribution < 1.29 is 27.1 Å². The van der Waals surface area contributed by atoms with Crippen molar-refractivity contribution in [3.8, 4) is 17.2 Å². The second kappa shape index (κ2) is 7.84. The lowest BCUT2D eigenvalue weighted by atomic mass is 9.75. The molecule has 4 rings (SSSR count). The van der Waals surface area contributed by atoms with Crippen LogP contribution in [0.15, 0.2) is 28.7 Å². The van der Waals surface area contributed by atoms with Gasteiger partial charge in [-0.05, 0) is 62.3 Å². The molecule has 1 amide bonds. The van der Waals surface area contributed by atoms with Gasteiger partial charge >= 0.3 is 6.18 Å². The number of methoxy groups -OCH3 is 1. The maximum absolute atomic E-state index is 13.0. The van der Waals surface area contributed by atoms with Crippen molar-refractivity contribution in [2.45, 2.75) is 44.7 Å². The molecule has 2 aliphatic rings. The van der Waals surface area contributed by atoms with Gasteiger partial charge in [0.25, 0.3) is 0 Å². The van der Waals surface area contributed by atoms with Crippen LogP contribution in [-0.2, 0) is 10.2 Å². The first-order valence-corrected chi connectivity index (χ1v) is 10.5. The van der Waals surface area contributed by atoms with Crippen LogP contribution in [-0.4, -0.2) is 47.4 Å². The average Bonchev–Trinajstić information content (AvgIpc) is 3.40. The van der Waals surface area contributed by atoms with E-state index in [1.54, 1.807) is 7.11 Å². The van der Waals surface area contributed by atoms with Crippen LogP contribution in [0.3, 0.4) is 0 Å². The van der Waals surface area contributed by atoms with Crippen molar-refractivity contribution in [1.29, 1.82) is 0 Å². The fourth-order valence-electron chi connectivity index (χ4n) is 4.73. The molecule has 1 aliphatic carbocycles. The van der Waals surface area contributed by atoms with E-state index in [0.29, 0.717) is 31.3 Å². The summed E-state index contributed by atoms with van der Waals surface area (Å²) in [5.41, 5.74) is 0.548. The topological polar surface area (TPSA) is 68.5 Å². The highest BCUT2D eigenvalue weighted by Gasteiger charge is 2.57. The van der Waals surface area contributed by atoms with E-state index in [2.05, 4.69) is 10.2 Å². The Balaban J connectivity index is 1.47. The Hall–Kier alpha value is -2.58. The monoisotopic (exact) mass is 437 g/mol. The van der Waals surface area contributed by atoms with E-state index in [0.717, 1.165) is 31.1 Å². The minimum absolute atomic E-state index is 0.0389. The van der Waals surface area contributed by atoms with Crippen LogP contribution in [0.5, 0.6) is 5.75 Å². The summed E-state index contributed by atoms with van der Waals surface area (Å²) in [4.78, 5) is 13.6. The third kappa shape index (κ3) is 4.02. The smallest absolute Gasteiger partial charge is 0.400 e. The van der Waals surface area contributed by atoms with Gasteiger partial charge in [0.1, 0.15) is 11.7 Å². The van der Waals surface area contributed by atoms with Crippen LogP contribution in [0.2, 0.25) is 0 Å². The molecule has 1 aliphatic heterocycles. The molecular weight excluding hydrogens is 411 g/mol. The van der Waals surface area contributed by atoms with Crippen molar-refractivity contribution in [3.05, 3.63) is 30.2 Å². The fraction of sp³-hybridized carbons (Fsp3) is 0.591. The highest BCUT2D eigenvalue weighted by Crippen LogP contribution is 2.58. The predicted molar refractivity (Wildman–Crippen MR) is 106 cm³/mol. The summed E-state index contributed by atoms with van der Waals surface area (Å²) >= 11 is 0. The molecule has 2 aromatic rings. The van der Waals surface area contributed by atoms with Crippen LogP contribution in [0, 0.1) is 17.8 Å². The molecule has 2 heterocycles. The fourth-order valence-corrected chi connectivity index (χ4v) is 4.73. The van der Waals surface area contributed by atoms with Crippen LogP contribution < -0.4 is 4.74 Å². The Bertz CT molecular complexity index is 937. The summed E-state index contributed by atoms with van der Waals surface area (Å²) in [5.74, 6) is -0.853. The lowest BCUT2D eigenvalue weighted by Gasteiger charge is -2.41. The summed E-state index contributed by atoms with van der Waals surface area (Å²) < 4.78 is 50.1. The number of likely N-dealkylation sites (tertiary alicyclic amines) is 1. The molecule has 3 atom stereocenters. The molecule has 1 aromatic carbocycles. The molecule has 1 saturated heterocycles. The van der Waals surface area contributed by atoms with Crippen LogP contribution in [0.1, 0.15) is 39.0 Å². The molecule has 9 heteroatoms. The summed E-state index contributed by atoms with van der Waals surface area (Å²) in [6, 6.07) is 7.35. The van der Waals surface area contributed by atoms with Gasteiger partial charge < -0.3 is 14.1 Å². The summed E-state index contributed by atoms with van der Waals surface area (Å²) in [6.07, 6.45) is -2.09. The zero-order chi connectivity index (χ0) is 22.4. The first kappa shape index (κ1) is 21.6. The zero-order valence-corrected chi connectivity index (χ0v) is 17.8. The van der Waals surface area contributed by atoms with E-state index in [1.807, 2.05) is 31.2 Å². The summed E-state index contributed by atoms with van der Waals surface area (Å²) in [5, 5.41) is 8.53. The number of amides is 1. The number of carbonyl (C=O) groups excluding carboxylic acids is 1. The van der Waals surface area contributed by atoms with E-state index < -0.39 is 18.0 Å². The Morgan fingerprint density at radius 2 is 1.94 bits per heavy atom. The second-order valence-electron chi connectivity index (χ2n) is 8.72. The van der Waals surface area contributed by atoms with Gasteiger partial charge in [-0.15, -0.1) is 10.2 Å². The zero-order valence-electron chi connectivity index (χ0n) is 17.8. The number of halogens is 3. The number of aromatic nitrogens is 2. The van der Waals surface area contributed by atoms with Crippen LogP contribution >= 0.6 is 0 Å². The molecule has 0 unspecified atom stereocenters. The minimum atomic E-state index is -4.52. The number of ether oxygens (including phenoxy) is 1. The van der Waals surface area contributed by atoms with Crippen LogP contribution in [0.25, 0.3) is 11.5 Å². The van der Waals surface area contributed by atoms with Gasteiger partial charge in [-0.3, -0.25) is 4.79 Å². The van der Waals surface area contributed by atoms with Gasteiger partial charge in [-0.2, -0.15) is 13.2 Å². The molecule has 1 aromatic heterocycles.